The molecular formula is C70H133N7O30. The maximum Gasteiger partial charge on any atom is 0.303 e. The molecule has 628 valence electrons. The zero-order chi connectivity index (χ0) is 80.4. The molecule has 15 atom stereocenters. The minimum absolute atomic E-state index is 0.0696. The summed E-state index contributed by atoms with van der Waals surface area (Å²) >= 11 is 0. The SMILES string of the molecule is CC(CO)C(O)C(O)C(O)C(O)OCCCCC(=O)NCCCNC(=O)CCOCC(COCCC(=O)NCCCNC(=O)CCCCOC(O)C(O)C(O)C(O)C(C)CO)(COCCC(=O)NCCCNC(=O)CCCCOC(O)C(O)C(O)C(O)C(C)CO)NC(=O)CCCCCCCCCCC(=O)O. The van der Waals surface area contributed by atoms with Crippen LogP contribution in [0, 0.1) is 17.8 Å². The van der Waals surface area contributed by atoms with Crippen LogP contribution in [0.5, 0.6) is 0 Å². The summed E-state index contributed by atoms with van der Waals surface area (Å²) in [6, 6.07) is 0. The predicted octanol–water partition coefficient (Wildman–Crippen LogP) is -4.44. The van der Waals surface area contributed by atoms with Crippen LogP contribution in [0.15, 0.2) is 0 Å². The van der Waals surface area contributed by atoms with Crippen molar-refractivity contribution in [3.8, 4) is 0 Å². The van der Waals surface area contributed by atoms with Crippen molar-refractivity contribution in [1.29, 1.82) is 0 Å². The molecule has 37 heteroatoms. The second-order valence-corrected chi connectivity index (χ2v) is 27.2. The molecule has 0 rings (SSSR count). The molecule has 0 saturated heterocycles. The van der Waals surface area contributed by atoms with Gasteiger partial charge in [-0.15, -0.1) is 0 Å². The number of carboxylic acid groups (broad SMARTS) is 1. The van der Waals surface area contributed by atoms with E-state index in [-0.39, 0.29) is 191 Å². The highest BCUT2D eigenvalue weighted by Gasteiger charge is 2.37. The number of hydrogen-bond acceptors (Lipinski definition) is 29. The van der Waals surface area contributed by atoms with Gasteiger partial charge in [0.25, 0.3) is 0 Å². The molecular weight excluding hydrogens is 1420 g/mol. The normalized spacial score (nSPS) is 16.5. The van der Waals surface area contributed by atoms with Crippen molar-refractivity contribution in [3.05, 3.63) is 0 Å². The van der Waals surface area contributed by atoms with Crippen LogP contribution < -0.4 is 37.2 Å². The van der Waals surface area contributed by atoms with Crippen LogP contribution in [0.4, 0.5) is 0 Å². The predicted molar refractivity (Wildman–Crippen MR) is 383 cm³/mol. The molecule has 0 aromatic carbocycles. The van der Waals surface area contributed by atoms with E-state index in [0.29, 0.717) is 70.6 Å². The monoisotopic (exact) mass is 1550 g/mol. The Morgan fingerprint density at radius 3 is 0.776 bits per heavy atom. The van der Waals surface area contributed by atoms with Crippen LogP contribution in [0.25, 0.3) is 0 Å². The summed E-state index contributed by atoms with van der Waals surface area (Å²) in [6.07, 6.45) is -11.4. The lowest BCUT2D eigenvalue weighted by Crippen LogP contribution is -2.58. The van der Waals surface area contributed by atoms with Crippen LogP contribution in [0.2, 0.25) is 0 Å². The van der Waals surface area contributed by atoms with E-state index in [9.17, 15) is 115 Å². The summed E-state index contributed by atoms with van der Waals surface area (Å²) < 4.78 is 33.5. The Balaban J connectivity index is 5.71. The fourth-order valence-electron chi connectivity index (χ4n) is 10.2. The van der Waals surface area contributed by atoms with Crippen molar-refractivity contribution in [2.24, 2.45) is 17.8 Å². The molecule has 37 nitrogen and oxygen atoms in total. The Kier molecular flexibility index (Phi) is 60.5. The van der Waals surface area contributed by atoms with E-state index >= 15 is 0 Å². The maximum absolute atomic E-state index is 13.8. The molecule has 7 amide bonds. The van der Waals surface area contributed by atoms with Crippen LogP contribution >= 0.6 is 0 Å². The van der Waals surface area contributed by atoms with E-state index in [0.717, 1.165) is 38.5 Å². The maximum atomic E-state index is 13.8. The van der Waals surface area contributed by atoms with Gasteiger partial charge in [-0.3, -0.25) is 38.4 Å². The lowest BCUT2D eigenvalue weighted by molar-refractivity contribution is -0.207. The molecule has 0 saturated carbocycles. The third-order valence-electron chi connectivity index (χ3n) is 17.3. The highest BCUT2D eigenvalue weighted by Crippen LogP contribution is 2.19. The third-order valence-corrected chi connectivity index (χ3v) is 17.3. The Bertz CT molecular complexity index is 2140. The van der Waals surface area contributed by atoms with E-state index in [1.165, 1.54) is 20.8 Å². The molecule has 0 spiro atoms. The zero-order valence-electron chi connectivity index (χ0n) is 62.9. The first kappa shape index (κ1) is 102. The number of carbonyl (C=O) groups is 8. The average molecular weight is 1550 g/mol. The highest BCUT2D eigenvalue weighted by molar-refractivity contribution is 5.78. The molecule has 0 aliphatic heterocycles. The van der Waals surface area contributed by atoms with Gasteiger partial charge in [0.05, 0.1) is 58.0 Å². The first-order chi connectivity index (χ1) is 51.0. The minimum Gasteiger partial charge on any atom is -0.481 e. The van der Waals surface area contributed by atoms with Crippen LogP contribution in [-0.2, 0) is 66.8 Å². The van der Waals surface area contributed by atoms with Gasteiger partial charge >= 0.3 is 5.97 Å². The number of nitrogens with one attached hydrogen (secondary N) is 7. The van der Waals surface area contributed by atoms with Crippen LogP contribution in [0.1, 0.15) is 181 Å². The standard InChI is InChI=1S/C70H133N7O30/c1-47(41-78)58(90)61(93)64(96)67(99)105-35-15-12-21-50(81)71-29-18-32-74-53(84)26-38-102-44-70(77-56(87)24-10-8-6-4-5-7-9-11-25-57(88)89,45-103-39-27-54(85)75-33-19-30-72-51(82)22-13-16-36-106-68(100)65(97)62(94)59(91)48(2)42-79)46-104-40-28-55(86)76-34-20-31-73-52(83)23-14-17-37-107-69(101)66(98)63(95)60(92)49(3)43-80/h47-49,58-69,78-80,90-101H,4-46H2,1-3H3,(H,71,81)(H,72,82)(H,73,83)(H,74,84)(H,75,85)(H,76,86)(H,77,87)(H,88,89). The number of carbonyl (C=O) groups excluding carboxylic acids is 7. The Labute approximate surface area is 627 Å². The van der Waals surface area contributed by atoms with Crippen molar-refractivity contribution < 1.29 is 148 Å². The molecule has 15 unspecified atom stereocenters. The third kappa shape index (κ3) is 51.2. The van der Waals surface area contributed by atoms with Gasteiger partial charge in [0.2, 0.25) is 41.4 Å². The number of carboxylic acids is 1. The molecule has 0 bridgehead atoms. The minimum atomic E-state index is -1.84. The Morgan fingerprint density at radius 2 is 0.514 bits per heavy atom. The molecule has 0 fully saturated rings. The summed E-state index contributed by atoms with van der Waals surface area (Å²) in [5.41, 5.74) is -1.43. The molecule has 0 aromatic heterocycles. The first-order valence-corrected chi connectivity index (χ1v) is 37.7. The fraction of sp³-hybridized carbons (Fsp3) is 0.886. The quantitative estimate of drug-likeness (QED) is 0.0202. The summed E-state index contributed by atoms with van der Waals surface area (Å²) in [6.45, 7) is 2.85. The van der Waals surface area contributed by atoms with E-state index in [1.54, 1.807) is 0 Å². The van der Waals surface area contributed by atoms with Gasteiger partial charge in [-0.05, 0) is 70.6 Å². The number of aliphatic carboxylic acids is 1. The van der Waals surface area contributed by atoms with Crippen molar-refractivity contribution in [2.75, 3.05) is 119 Å². The lowest BCUT2D eigenvalue weighted by atomic mass is 9.97. The van der Waals surface area contributed by atoms with Gasteiger partial charge in [-0.2, -0.15) is 0 Å². The van der Waals surface area contributed by atoms with Crippen molar-refractivity contribution in [3.63, 3.8) is 0 Å². The van der Waals surface area contributed by atoms with Crippen molar-refractivity contribution in [2.45, 2.75) is 261 Å². The number of rotatable bonds is 72. The van der Waals surface area contributed by atoms with Crippen LogP contribution in [-0.4, -0.2) is 327 Å². The Morgan fingerprint density at radius 1 is 0.280 bits per heavy atom. The largest absolute Gasteiger partial charge is 0.481 e. The number of unbranched alkanes of at least 4 members (excludes halogenated alkanes) is 10. The highest BCUT2D eigenvalue weighted by atomic mass is 16.6. The molecule has 23 N–H and O–H groups in total. The number of ether oxygens (including phenoxy) is 6. The molecule has 0 aliphatic rings. The molecule has 0 heterocycles. The number of hydrogen-bond donors (Lipinski definition) is 23. The smallest absolute Gasteiger partial charge is 0.303 e. The molecule has 0 aromatic rings. The van der Waals surface area contributed by atoms with E-state index < -0.39 is 123 Å². The summed E-state index contributed by atoms with van der Waals surface area (Å²) in [5, 5.41) is 177. The van der Waals surface area contributed by atoms with Gasteiger partial charge < -0.3 is 147 Å². The summed E-state index contributed by atoms with van der Waals surface area (Å²) in [5.74, 6) is -5.53. The fourth-order valence-corrected chi connectivity index (χ4v) is 10.2. The van der Waals surface area contributed by atoms with E-state index in [1.807, 2.05) is 0 Å². The second kappa shape index (κ2) is 63.5. The zero-order valence-corrected chi connectivity index (χ0v) is 62.9. The lowest BCUT2D eigenvalue weighted by Gasteiger charge is -2.34. The van der Waals surface area contributed by atoms with Crippen molar-refractivity contribution >= 4 is 47.3 Å². The van der Waals surface area contributed by atoms with Gasteiger partial charge in [-0.25, -0.2) is 0 Å². The first-order valence-electron chi connectivity index (χ1n) is 37.7. The van der Waals surface area contributed by atoms with Gasteiger partial charge in [0.1, 0.15) is 42.2 Å². The van der Waals surface area contributed by atoms with Gasteiger partial charge in [0, 0.05) is 148 Å². The van der Waals surface area contributed by atoms with Crippen molar-refractivity contribution in [1.82, 2.24) is 37.2 Å². The van der Waals surface area contributed by atoms with Gasteiger partial charge in [0.15, 0.2) is 18.9 Å². The van der Waals surface area contributed by atoms with E-state index in [2.05, 4.69) is 37.2 Å². The second-order valence-electron chi connectivity index (χ2n) is 27.2. The number of aliphatic hydroxyl groups excluding tert-OH is 15. The molecule has 0 aliphatic carbocycles. The van der Waals surface area contributed by atoms with E-state index in [4.69, 9.17) is 33.5 Å². The van der Waals surface area contributed by atoms with Crippen LogP contribution in [0.3, 0.4) is 0 Å². The Hall–Kier alpha value is -5.08. The number of aliphatic hydroxyl groups is 15. The molecule has 107 heavy (non-hydrogen) atoms. The average Bonchev–Trinajstić information content (AvgIpc) is 0.856. The topological polar surface area (TPSA) is 600 Å². The summed E-state index contributed by atoms with van der Waals surface area (Å²) in [7, 11) is 0. The summed E-state index contributed by atoms with van der Waals surface area (Å²) in [4.78, 5) is 101. The number of amides is 7. The van der Waals surface area contributed by atoms with Gasteiger partial charge in [-0.1, -0.05) is 59.3 Å². The molecule has 0 radical (unpaired) electrons.